The van der Waals surface area contributed by atoms with Gasteiger partial charge in [0.05, 0.1) is 6.42 Å². The van der Waals surface area contributed by atoms with E-state index in [2.05, 4.69) is 20.7 Å². The standard InChI is InChI=1S/C21H23BrN2O4S/c22-16-6-8-17(9-7-16)23-29(26,27)24-18-10-11-19(24)14-20(13-18)28-21(25)12-15-4-2-1-3-5-15/h1-9,18-20,23H,10-14H2/t18-,19+,20?. The van der Waals surface area contributed by atoms with E-state index in [0.29, 0.717) is 18.5 Å². The largest absolute Gasteiger partial charge is 0.462 e. The molecule has 0 radical (unpaired) electrons. The Morgan fingerprint density at radius 3 is 2.28 bits per heavy atom. The second-order valence-corrected chi connectivity index (χ2v) is 10.1. The first kappa shape index (κ1) is 20.4. The molecular formula is C21H23BrN2O4S. The van der Waals surface area contributed by atoms with Gasteiger partial charge in [-0.3, -0.25) is 9.52 Å². The van der Waals surface area contributed by atoms with Gasteiger partial charge in [0, 0.05) is 35.1 Å². The molecule has 3 atom stereocenters. The van der Waals surface area contributed by atoms with Crippen molar-refractivity contribution in [1.82, 2.24) is 4.31 Å². The van der Waals surface area contributed by atoms with Crippen molar-refractivity contribution in [1.29, 1.82) is 0 Å². The molecule has 2 heterocycles. The van der Waals surface area contributed by atoms with Crippen molar-refractivity contribution in [3.8, 4) is 0 Å². The van der Waals surface area contributed by atoms with Crippen LogP contribution in [0.15, 0.2) is 59.1 Å². The van der Waals surface area contributed by atoms with E-state index in [1.807, 2.05) is 30.3 Å². The average molecular weight is 479 g/mol. The fourth-order valence-electron chi connectivity index (χ4n) is 4.28. The van der Waals surface area contributed by atoms with Gasteiger partial charge in [-0.1, -0.05) is 46.3 Å². The summed E-state index contributed by atoms with van der Waals surface area (Å²) in [5.41, 5.74) is 1.45. The number of carbonyl (C=O) groups is 1. The molecule has 2 bridgehead atoms. The van der Waals surface area contributed by atoms with E-state index in [0.717, 1.165) is 22.9 Å². The maximum Gasteiger partial charge on any atom is 0.310 e. The normalized spacial score (nSPS) is 24.2. The number of esters is 1. The minimum absolute atomic E-state index is 0.142. The molecule has 4 rings (SSSR count). The molecule has 2 aromatic carbocycles. The van der Waals surface area contributed by atoms with Crippen LogP contribution < -0.4 is 4.72 Å². The fourth-order valence-corrected chi connectivity index (χ4v) is 6.25. The lowest BCUT2D eigenvalue weighted by Gasteiger charge is -2.37. The number of anilines is 1. The maximum atomic E-state index is 13.0. The summed E-state index contributed by atoms with van der Waals surface area (Å²) in [5.74, 6) is -0.259. The molecule has 0 spiro atoms. The summed E-state index contributed by atoms with van der Waals surface area (Å²) in [6.07, 6.45) is 2.66. The third-order valence-electron chi connectivity index (χ3n) is 5.48. The number of halogens is 1. The van der Waals surface area contributed by atoms with Crippen LogP contribution in [-0.2, 0) is 26.2 Å². The second-order valence-electron chi connectivity index (χ2n) is 7.57. The molecule has 29 heavy (non-hydrogen) atoms. The van der Waals surface area contributed by atoms with Gasteiger partial charge in [-0.05, 0) is 42.7 Å². The molecule has 6 nitrogen and oxygen atoms in total. The number of benzene rings is 2. The molecule has 1 N–H and O–H groups in total. The van der Waals surface area contributed by atoms with Crippen LogP contribution in [0.25, 0.3) is 0 Å². The van der Waals surface area contributed by atoms with Gasteiger partial charge >= 0.3 is 16.2 Å². The predicted molar refractivity (Wildman–Crippen MR) is 115 cm³/mol. The highest BCUT2D eigenvalue weighted by molar-refractivity contribution is 9.10. The molecule has 0 aromatic heterocycles. The average Bonchev–Trinajstić information content (AvgIpc) is 2.97. The van der Waals surface area contributed by atoms with E-state index in [9.17, 15) is 13.2 Å². The van der Waals surface area contributed by atoms with Gasteiger partial charge in [-0.2, -0.15) is 12.7 Å². The molecule has 2 aliphatic rings. The number of ether oxygens (including phenoxy) is 1. The molecule has 0 saturated carbocycles. The first-order valence-electron chi connectivity index (χ1n) is 9.71. The molecule has 8 heteroatoms. The van der Waals surface area contributed by atoms with Crippen LogP contribution in [0.4, 0.5) is 5.69 Å². The van der Waals surface area contributed by atoms with E-state index in [1.54, 1.807) is 28.6 Å². The van der Waals surface area contributed by atoms with Crippen LogP contribution >= 0.6 is 15.9 Å². The molecule has 2 aliphatic heterocycles. The minimum atomic E-state index is -3.66. The van der Waals surface area contributed by atoms with Gasteiger partial charge in [-0.25, -0.2) is 0 Å². The number of nitrogens with one attached hydrogen (secondary N) is 1. The Kier molecular flexibility index (Phi) is 5.94. The molecule has 2 aromatic rings. The number of nitrogens with zero attached hydrogens (tertiary/aromatic N) is 1. The zero-order valence-corrected chi connectivity index (χ0v) is 18.2. The smallest absolute Gasteiger partial charge is 0.310 e. The highest BCUT2D eigenvalue weighted by Gasteiger charge is 2.47. The summed E-state index contributed by atoms with van der Waals surface area (Å²) in [7, 11) is -3.66. The summed E-state index contributed by atoms with van der Waals surface area (Å²) in [4.78, 5) is 12.3. The lowest BCUT2D eigenvalue weighted by molar-refractivity contribution is -0.150. The predicted octanol–water partition coefficient (Wildman–Crippen LogP) is 3.89. The van der Waals surface area contributed by atoms with Crippen molar-refractivity contribution in [2.24, 2.45) is 0 Å². The number of carbonyl (C=O) groups excluding carboxylic acids is 1. The van der Waals surface area contributed by atoms with Gasteiger partial charge in [0.1, 0.15) is 6.10 Å². The Hall–Kier alpha value is -1.90. The number of hydrogen-bond donors (Lipinski definition) is 1. The summed E-state index contributed by atoms with van der Waals surface area (Å²) < 4.78 is 36.8. The molecule has 0 amide bonds. The monoisotopic (exact) mass is 478 g/mol. The first-order chi connectivity index (χ1) is 13.9. The Bertz CT molecular complexity index is 952. The van der Waals surface area contributed by atoms with Crippen LogP contribution in [0.5, 0.6) is 0 Å². The molecule has 2 fully saturated rings. The van der Waals surface area contributed by atoms with Crippen LogP contribution in [0.1, 0.15) is 31.2 Å². The summed E-state index contributed by atoms with van der Waals surface area (Å²) in [6, 6.07) is 16.2. The van der Waals surface area contributed by atoms with Crippen molar-refractivity contribution < 1.29 is 17.9 Å². The topological polar surface area (TPSA) is 75.7 Å². The van der Waals surface area contributed by atoms with E-state index in [-0.39, 0.29) is 30.6 Å². The number of piperidine rings is 1. The highest BCUT2D eigenvalue weighted by Crippen LogP contribution is 2.39. The third kappa shape index (κ3) is 4.82. The number of rotatable bonds is 6. The lowest BCUT2D eigenvalue weighted by atomic mass is 10.0. The van der Waals surface area contributed by atoms with Gasteiger partial charge in [0.25, 0.3) is 0 Å². The van der Waals surface area contributed by atoms with Crippen molar-refractivity contribution in [3.63, 3.8) is 0 Å². The Morgan fingerprint density at radius 2 is 1.66 bits per heavy atom. The number of hydrogen-bond acceptors (Lipinski definition) is 4. The van der Waals surface area contributed by atoms with E-state index in [4.69, 9.17) is 4.74 Å². The number of fused-ring (bicyclic) bond motifs is 2. The lowest BCUT2D eigenvalue weighted by Crippen LogP contribution is -2.50. The maximum absolute atomic E-state index is 13.0. The summed E-state index contributed by atoms with van der Waals surface area (Å²) in [5, 5.41) is 0. The second kappa shape index (κ2) is 8.45. The van der Waals surface area contributed by atoms with E-state index in [1.165, 1.54) is 0 Å². The van der Waals surface area contributed by atoms with Crippen LogP contribution in [-0.4, -0.2) is 36.9 Å². The SMILES string of the molecule is O=C(Cc1ccccc1)OC1C[C@H]2CC[C@@H](C1)N2S(=O)(=O)Nc1ccc(Br)cc1. The molecule has 2 saturated heterocycles. The van der Waals surface area contributed by atoms with Gasteiger partial charge < -0.3 is 4.74 Å². The van der Waals surface area contributed by atoms with Crippen LogP contribution in [0.3, 0.4) is 0 Å². The van der Waals surface area contributed by atoms with Crippen LogP contribution in [0.2, 0.25) is 0 Å². The Labute approximate surface area is 179 Å². The highest BCUT2D eigenvalue weighted by atomic mass is 79.9. The van der Waals surface area contributed by atoms with Gasteiger partial charge in [0.2, 0.25) is 0 Å². The zero-order chi connectivity index (χ0) is 20.4. The summed E-state index contributed by atoms with van der Waals surface area (Å²) in [6.45, 7) is 0. The quantitative estimate of drug-likeness (QED) is 0.638. The first-order valence-corrected chi connectivity index (χ1v) is 11.9. The zero-order valence-electron chi connectivity index (χ0n) is 15.8. The van der Waals surface area contributed by atoms with Gasteiger partial charge in [-0.15, -0.1) is 0 Å². The van der Waals surface area contributed by atoms with Crippen molar-refractivity contribution >= 4 is 37.8 Å². The van der Waals surface area contributed by atoms with E-state index >= 15 is 0 Å². The summed E-state index contributed by atoms with van der Waals surface area (Å²) >= 11 is 3.35. The van der Waals surface area contributed by atoms with Crippen molar-refractivity contribution in [2.75, 3.05) is 4.72 Å². The molecular weight excluding hydrogens is 456 g/mol. The third-order valence-corrected chi connectivity index (χ3v) is 7.65. The van der Waals surface area contributed by atoms with Crippen molar-refractivity contribution in [2.45, 2.75) is 50.3 Å². The fraction of sp³-hybridized carbons (Fsp3) is 0.381. The Morgan fingerprint density at radius 1 is 1.03 bits per heavy atom. The molecule has 154 valence electrons. The molecule has 0 aliphatic carbocycles. The van der Waals surface area contributed by atoms with Crippen molar-refractivity contribution in [3.05, 3.63) is 64.6 Å². The minimum Gasteiger partial charge on any atom is -0.462 e. The van der Waals surface area contributed by atoms with E-state index < -0.39 is 10.2 Å². The Balaban J connectivity index is 1.38. The molecule has 1 unspecified atom stereocenters. The van der Waals surface area contributed by atoms with Crippen LogP contribution in [0, 0.1) is 0 Å². The van der Waals surface area contributed by atoms with Gasteiger partial charge in [0.15, 0.2) is 0 Å².